The summed E-state index contributed by atoms with van der Waals surface area (Å²) in [4.78, 5) is 8.28. The molecule has 0 bridgehead atoms. The van der Waals surface area contributed by atoms with E-state index >= 15 is 0 Å². The number of anilines is 1. The molecule has 96 valence electrons. The van der Waals surface area contributed by atoms with Crippen molar-refractivity contribution in [1.82, 2.24) is 9.97 Å². The number of aryl methyl sites for hydroxylation is 1. The molecule has 0 aliphatic heterocycles. The van der Waals surface area contributed by atoms with Gasteiger partial charge in [-0.05, 0) is 13.3 Å². The van der Waals surface area contributed by atoms with E-state index in [1.165, 1.54) is 11.8 Å². The second kappa shape index (κ2) is 6.20. The van der Waals surface area contributed by atoms with Crippen LogP contribution in [0.1, 0.15) is 19.0 Å². The van der Waals surface area contributed by atoms with E-state index < -0.39 is 9.84 Å². The predicted molar refractivity (Wildman–Crippen MR) is 70.9 cm³/mol. The van der Waals surface area contributed by atoms with E-state index in [9.17, 15) is 8.42 Å². The van der Waals surface area contributed by atoms with Crippen LogP contribution in [0.2, 0.25) is 0 Å². The normalized spacial score (nSPS) is 11.6. The lowest BCUT2D eigenvalue weighted by molar-refractivity contribution is 0.596. The van der Waals surface area contributed by atoms with Crippen molar-refractivity contribution < 1.29 is 8.42 Å². The minimum absolute atomic E-state index is 0.200. The Morgan fingerprint density at radius 3 is 2.71 bits per heavy atom. The Morgan fingerprint density at radius 1 is 1.41 bits per heavy atom. The molecule has 0 amide bonds. The highest BCUT2D eigenvalue weighted by Gasteiger charge is 2.07. The Hall–Kier alpha value is -0.820. The van der Waals surface area contributed by atoms with Crippen molar-refractivity contribution in [3.8, 4) is 0 Å². The van der Waals surface area contributed by atoms with E-state index in [2.05, 4.69) is 9.97 Å². The number of hydrogen-bond donors (Lipinski definition) is 1. The van der Waals surface area contributed by atoms with E-state index in [1.807, 2.05) is 6.92 Å². The van der Waals surface area contributed by atoms with Gasteiger partial charge in [-0.2, -0.15) is 0 Å². The van der Waals surface area contributed by atoms with E-state index in [-0.39, 0.29) is 11.5 Å². The van der Waals surface area contributed by atoms with Crippen molar-refractivity contribution in [2.75, 3.05) is 23.0 Å². The summed E-state index contributed by atoms with van der Waals surface area (Å²) in [5, 5.41) is 0.608. The summed E-state index contributed by atoms with van der Waals surface area (Å²) in [5.74, 6) is 1.55. The molecule has 0 saturated heterocycles. The van der Waals surface area contributed by atoms with E-state index in [4.69, 9.17) is 5.73 Å². The van der Waals surface area contributed by atoms with Gasteiger partial charge in [0.2, 0.25) is 0 Å². The van der Waals surface area contributed by atoms with Crippen LogP contribution in [0.25, 0.3) is 0 Å². The van der Waals surface area contributed by atoms with Gasteiger partial charge < -0.3 is 5.73 Å². The number of nitrogens with zero attached hydrogens (tertiary/aromatic N) is 2. The van der Waals surface area contributed by atoms with Gasteiger partial charge in [0.05, 0.1) is 5.75 Å². The van der Waals surface area contributed by atoms with Crippen LogP contribution in [0.15, 0.2) is 11.2 Å². The van der Waals surface area contributed by atoms with Crippen molar-refractivity contribution in [1.29, 1.82) is 0 Å². The molecule has 0 saturated carbocycles. The Labute approximate surface area is 106 Å². The first kappa shape index (κ1) is 14.2. The molecule has 0 fully saturated rings. The summed E-state index contributed by atoms with van der Waals surface area (Å²) >= 11 is 1.43. The average molecular weight is 275 g/mol. The van der Waals surface area contributed by atoms with Gasteiger partial charge in [-0.15, -0.1) is 0 Å². The first-order valence-electron chi connectivity index (χ1n) is 5.37. The highest BCUT2D eigenvalue weighted by atomic mass is 32.2. The Morgan fingerprint density at radius 2 is 2.12 bits per heavy atom. The van der Waals surface area contributed by atoms with Crippen molar-refractivity contribution >= 4 is 27.4 Å². The van der Waals surface area contributed by atoms with Crippen LogP contribution >= 0.6 is 11.8 Å². The number of nitrogen functional groups attached to an aromatic ring is 1. The van der Waals surface area contributed by atoms with Crippen molar-refractivity contribution in [2.45, 2.75) is 25.4 Å². The molecule has 0 atom stereocenters. The zero-order chi connectivity index (χ0) is 12.9. The molecule has 2 N–H and O–H groups in total. The largest absolute Gasteiger partial charge is 0.384 e. The topological polar surface area (TPSA) is 85.9 Å². The monoisotopic (exact) mass is 275 g/mol. The van der Waals surface area contributed by atoms with Crippen LogP contribution < -0.4 is 5.73 Å². The van der Waals surface area contributed by atoms with E-state index in [0.29, 0.717) is 23.1 Å². The van der Waals surface area contributed by atoms with Gasteiger partial charge in [-0.25, -0.2) is 18.4 Å². The van der Waals surface area contributed by atoms with Gasteiger partial charge in [0.1, 0.15) is 15.7 Å². The van der Waals surface area contributed by atoms with Crippen LogP contribution in [-0.4, -0.2) is 35.6 Å². The fourth-order valence-electron chi connectivity index (χ4n) is 1.22. The second-order valence-electron chi connectivity index (χ2n) is 3.66. The lowest BCUT2D eigenvalue weighted by atomic mass is 10.4. The molecule has 0 radical (unpaired) electrons. The van der Waals surface area contributed by atoms with Crippen LogP contribution in [0.3, 0.4) is 0 Å². The third kappa shape index (κ3) is 5.36. The third-order valence-electron chi connectivity index (χ3n) is 2.12. The lowest BCUT2D eigenvalue weighted by Crippen LogP contribution is -2.09. The summed E-state index contributed by atoms with van der Waals surface area (Å²) < 4.78 is 22.5. The second-order valence-corrected chi connectivity index (χ2v) is 7.19. The number of thioether (sulfide) groups is 1. The maximum atomic E-state index is 11.3. The summed E-state index contributed by atoms with van der Waals surface area (Å²) in [6.07, 6.45) is 0.609. The van der Waals surface area contributed by atoms with Gasteiger partial charge >= 0.3 is 0 Å². The first-order chi connectivity index (χ1) is 7.93. The molecule has 0 spiro atoms. The fourth-order valence-corrected chi connectivity index (χ4v) is 3.12. The Bertz CT molecular complexity index is 454. The van der Waals surface area contributed by atoms with Gasteiger partial charge in [-0.1, -0.05) is 18.7 Å². The van der Waals surface area contributed by atoms with Crippen molar-refractivity contribution in [2.24, 2.45) is 0 Å². The molecule has 17 heavy (non-hydrogen) atoms. The van der Waals surface area contributed by atoms with Crippen LogP contribution in [-0.2, 0) is 9.84 Å². The maximum absolute atomic E-state index is 11.3. The number of aromatic nitrogens is 2. The van der Waals surface area contributed by atoms with Crippen molar-refractivity contribution in [3.05, 3.63) is 11.8 Å². The highest BCUT2D eigenvalue weighted by Crippen LogP contribution is 2.16. The predicted octanol–water partition coefficient (Wildman–Crippen LogP) is 1.28. The fraction of sp³-hybridized carbons (Fsp3) is 0.600. The summed E-state index contributed by atoms with van der Waals surface area (Å²) in [6, 6.07) is 1.70. The average Bonchev–Trinajstić information content (AvgIpc) is 2.23. The molecule has 0 unspecified atom stereocenters. The Kier molecular flexibility index (Phi) is 5.20. The minimum Gasteiger partial charge on any atom is -0.384 e. The molecule has 7 heteroatoms. The molecule has 1 aromatic heterocycles. The van der Waals surface area contributed by atoms with Gasteiger partial charge in [0.15, 0.2) is 5.16 Å². The number of nitrogens with two attached hydrogens (primary N) is 1. The zero-order valence-electron chi connectivity index (χ0n) is 10.0. The highest BCUT2D eigenvalue weighted by molar-refractivity contribution is 7.99. The van der Waals surface area contributed by atoms with Gasteiger partial charge in [0, 0.05) is 23.3 Å². The summed E-state index contributed by atoms with van der Waals surface area (Å²) in [6.45, 7) is 3.51. The third-order valence-corrected chi connectivity index (χ3v) is 4.85. The van der Waals surface area contributed by atoms with Crippen LogP contribution in [0, 0.1) is 6.92 Å². The molecular weight excluding hydrogens is 258 g/mol. The molecule has 1 rings (SSSR count). The molecule has 1 aromatic rings. The molecular formula is C10H17N3O2S2. The molecule has 5 nitrogen and oxygen atoms in total. The van der Waals surface area contributed by atoms with Crippen molar-refractivity contribution in [3.63, 3.8) is 0 Å². The van der Waals surface area contributed by atoms with Crippen LogP contribution in [0.5, 0.6) is 0 Å². The zero-order valence-corrected chi connectivity index (χ0v) is 11.6. The maximum Gasteiger partial charge on any atom is 0.189 e. The Balaban J connectivity index is 2.41. The quantitative estimate of drug-likeness (QED) is 0.478. The van der Waals surface area contributed by atoms with Gasteiger partial charge in [-0.3, -0.25) is 0 Å². The summed E-state index contributed by atoms with van der Waals surface area (Å²) in [5.41, 5.74) is 6.41. The standard InChI is InChI=1S/C10H17N3O2S2/c1-3-17(14,15)6-4-5-16-10-12-8(2)7-9(11)13-10/h7H,3-6H2,1-2H3,(H2,11,12,13). The number of sulfone groups is 1. The molecule has 0 aromatic carbocycles. The smallest absolute Gasteiger partial charge is 0.189 e. The minimum atomic E-state index is -2.87. The van der Waals surface area contributed by atoms with E-state index in [0.717, 1.165) is 5.69 Å². The van der Waals surface area contributed by atoms with Crippen LogP contribution in [0.4, 0.5) is 5.82 Å². The molecule has 1 heterocycles. The van der Waals surface area contributed by atoms with Gasteiger partial charge in [0.25, 0.3) is 0 Å². The molecule has 0 aliphatic rings. The van der Waals surface area contributed by atoms with E-state index in [1.54, 1.807) is 13.0 Å². The lowest BCUT2D eigenvalue weighted by Gasteiger charge is -2.03. The SMILES string of the molecule is CCS(=O)(=O)CCCSc1nc(C)cc(N)n1. The molecule has 0 aliphatic carbocycles. The first-order valence-corrected chi connectivity index (χ1v) is 8.18. The summed E-state index contributed by atoms with van der Waals surface area (Å²) in [7, 11) is -2.87. The number of rotatable bonds is 6. The number of hydrogen-bond acceptors (Lipinski definition) is 6.